The van der Waals surface area contributed by atoms with Crippen LogP contribution in [0.3, 0.4) is 0 Å². The third-order valence-corrected chi connectivity index (χ3v) is 4.79. The van der Waals surface area contributed by atoms with Gasteiger partial charge in [0.2, 0.25) is 0 Å². The van der Waals surface area contributed by atoms with Crippen molar-refractivity contribution in [1.29, 1.82) is 0 Å². The normalized spacial score (nSPS) is 10.7. The summed E-state index contributed by atoms with van der Waals surface area (Å²) in [5.74, 6) is -0.416. The van der Waals surface area contributed by atoms with E-state index in [4.69, 9.17) is 4.74 Å². The van der Waals surface area contributed by atoms with E-state index in [1.165, 1.54) is 35.1 Å². The van der Waals surface area contributed by atoms with Gasteiger partial charge in [-0.05, 0) is 25.1 Å². The number of amides is 1. The molecule has 33 heavy (non-hydrogen) atoms. The Kier molecular flexibility index (Phi) is 6.11. The number of rotatable bonds is 8. The van der Waals surface area contributed by atoms with E-state index in [-0.39, 0.29) is 36.2 Å². The van der Waals surface area contributed by atoms with Crippen LogP contribution in [0.15, 0.2) is 66.9 Å². The molecule has 4 aromatic rings. The quantitative estimate of drug-likeness (QED) is 0.323. The molecule has 0 saturated carbocycles. The number of halogens is 1. The van der Waals surface area contributed by atoms with Gasteiger partial charge in [-0.3, -0.25) is 19.6 Å². The molecule has 4 rings (SSSR count). The van der Waals surface area contributed by atoms with Gasteiger partial charge >= 0.3 is 5.69 Å². The standard InChI is InChI=1S/C22H19FN6O4/c1-15-12-21(26-28(15)13-16-6-2-3-7-17(16)23)24-22(30)18-10-11-27(25-18)14-33-20-9-5-4-8-19(20)29(31)32/h2-12H,13-14H2,1H3,(H,24,26,30). The first-order valence-electron chi connectivity index (χ1n) is 9.89. The molecule has 0 aliphatic carbocycles. The number of carbonyl (C=O) groups excluding carboxylic acids is 1. The Hall–Kier alpha value is -4.54. The highest BCUT2D eigenvalue weighted by Gasteiger charge is 2.16. The van der Waals surface area contributed by atoms with E-state index in [9.17, 15) is 19.3 Å². The van der Waals surface area contributed by atoms with Gasteiger partial charge in [-0.2, -0.15) is 10.2 Å². The van der Waals surface area contributed by atoms with Crippen LogP contribution >= 0.6 is 0 Å². The highest BCUT2D eigenvalue weighted by Crippen LogP contribution is 2.26. The van der Waals surface area contributed by atoms with Crippen molar-refractivity contribution < 1.29 is 18.8 Å². The minimum atomic E-state index is -0.537. The number of hydrogen-bond donors (Lipinski definition) is 1. The van der Waals surface area contributed by atoms with Crippen LogP contribution in [0.1, 0.15) is 21.7 Å². The molecule has 168 valence electrons. The molecular weight excluding hydrogens is 431 g/mol. The van der Waals surface area contributed by atoms with Crippen molar-refractivity contribution in [1.82, 2.24) is 19.6 Å². The second-order valence-electron chi connectivity index (χ2n) is 7.11. The van der Waals surface area contributed by atoms with E-state index < -0.39 is 10.8 Å². The molecule has 1 N–H and O–H groups in total. The van der Waals surface area contributed by atoms with Gasteiger partial charge < -0.3 is 10.1 Å². The van der Waals surface area contributed by atoms with Gasteiger partial charge in [0.15, 0.2) is 24.0 Å². The molecule has 2 aromatic heterocycles. The van der Waals surface area contributed by atoms with E-state index in [0.717, 1.165) is 5.69 Å². The minimum absolute atomic E-state index is 0.0971. The third-order valence-electron chi connectivity index (χ3n) is 4.79. The zero-order valence-electron chi connectivity index (χ0n) is 17.5. The fourth-order valence-electron chi connectivity index (χ4n) is 3.12. The average Bonchev–Trinajstić information content (AvgIpc) is 3.40. The summed E-state index contributed by atoms with van der Waals surface area (Å²) < 4.78 is 22.3. The zero-order valence-corrected chi connectivity index (χ0v) is 17.5. The first-order valence-corrected chi connectivity index (χ1v) is 9.89. The first kappa shape index (κ1) is 21.7. The largest absolute Gasteiger partial charge is 0.464 e. The number of carbonyl (C=O) groups is 1. The van der Waals surface area contributed by atoms with Gasteiger partial charge in [0.25, 0.3) is 5.91 Å². The predicted octanol–water partition coefficient (Wildman–Crippen LogP) is 3.77. The SMILES string of the molecule is Cc1cc(NC(=O)c2ccn(COc3ccccc3[N+](=O)[O-])n2)nn1Cc1ccccc1F. The molecule has 0 unspecified atom stereocenters. The summed E-state index contributed by atoms with van der Waals surface area (Å²) in [6.45, 7) is 1.92. The number of hydrogen-bond acceptors (Lipinski definition) is 6. The van der Waals surface area contributed by atoms with E-state index in [1.54, 1.807) is 48.0 Å². The smallest absolute Gasteiger partial charge is 0.311 e. The maximum absolute atomic E-state index is 13.9. The monoisotopic (exact) mass is 450 g/mol. The summed E-state index contributed by atoms with van der Waals surface area (Å²) in [5.41, 5.74) is 1.18. The van der Waals surface area contributed by atoms with Crippen molar-refractivity contribution in [2.75, 3.05) is 5.32 Å². The van der Waals surface area contributed by atoms with Crippen molar-refractivity contribution in [3.05, 3.63) is 99.7 Å². The summed E-state index contributed by atoms with van der Waals surface area (Å²) in [4.78, 5) is 23.1. The average molecular weight is 450 g/mol. The molecule has 1 amide bonds. The number of aryl methyl sites for hydroxylation is 1. The Balaban J connectivity index is 1.39. The Labute approximate surface area is 187 Å². The molecule has 10 nitrogen and oxygen atoms in total. The topological polar surface area (TPSA) is 117 Å². The number of benzene rings is 2. The van der Waals surface area contributed by atoms with Gasteiger partial charge in [-0.1, -0.05) is 30.3 Å². The van der Waals surface area contributed by atoms with Gasteiger partial charge in [0, 0.05) is 29.6 Å². The van der Waals surface area contributed by atoms with Gasteiger partial charge in [-0.25, -0.2) is 9.07 Å². The molecule has 0 aliphatic heterocycles. The number of nitro benzene ring substituents is 1. The van der Waals surface area contributed by atoms with E-state index in [0.29, 0.717) is 11.4 Å². The molecule has 0 aliphatic rings. The van der Waals surface area contributed by atoms with E-state index in [2.05, 4.69) is 15.5 Å². The van der Waals surface area contributed by atoms with Crippen LogP contribution in [-0.4, -0.2) is 30.4 Å². The molecule has 0 radical (unpaired) electrons. The number of para-hydroxylation sites is 2. The van der Waals surface area contributed by atoms with Crippen molar-refractivity contribution in [2.45, 2.75) is 20.2 Å². The molecule has 0 fully saturated rings. The summed E-state index contributed by atoms with van der Waals surface area (Å²) >= 11 is 0. The lowest BCUT2D eigenvalue weighted by Crippen LogP contribution is -2.15. The van der Waals surface area contributed by atoms with Gasteiger partial charge in [-0.15, -0.1) is 0 Å². The van der Waals surface area contributed by atoms with Crippen LogP contribution < -0.4 is 10.1 Å². The van der Waals surface area contributed by atoms with Crippen LogP contribution in [0.4, 0.5) is 15.9 Å². The van der Waals surface area contributed by atoms with E-state index >= 15 is 0 Å². The number of nitrogens with one attached hydrogen (secondary N) is 1. The van der Waals surface area contributed by atoms with Crippen molar-refractivity contribution in [3.8, 4) is 5.75 Å². The number of nitro groups is 1. The molecular formula is C22H19FN6O4. The lowest BCUT2D eigenvalue weighted by atomic mass is 10.2. The van der Waals surface area contributed by atoms with Crippen LogP contribution in [0, 0.1) is 22.9 Å². The highest BCUT2D eigenvalue weighted by atomic mass is 19.1. The van der Waals surface area contributed by atoms with Gasteiger partial charge in [0.1, 0.15) is 5.82 Å². The zero-order chi connectivity index (χ0) is 23.4. The Morgan fingerprint density at radius 3 is 2.70 bits per heavy atom. The fourth-order valence-corrected chi connectivity index (χ4v) is 3.12. The van der Waals surface area contributed by atoms with Crippen molar-refractivity contribution in [3.63, 3.8) is 0 Å². The van der Waals surface area contributed by atoms with E-state index in [1.807, 2.05) is 0 Å². The number of nitrogens with zero attached hydrogens (tertiary/aromatic N) is 5. The molecule has 0 atom stereocenters. The maximum Gasteiger partial charge on any atom is 0.311 e. The summed E-state index contributed by atoms with van der Waals surface area (Å²) in [7, 11) is 0. The number of ether oxygens (including phenoxy) is 1. The molecule has 11 heteroatoms. The van der Waals surface area contributed by atoms with Crippen molar-refractivity contribution in [2.24, 2.45) is 0 Å². The minimum Gasteiger partial charge on any atom is -0.464 e. The summed E-state index contributed by atoms with van der Waals surface area (Å²) in [6.07, 6.45) is 1.52. The van der Waals surface area contributed by atoms with Crippen LogP contribution in [0.5, 0.6) is 5.75 Å². The second-order valence-corrected chi connectivity index (χ2v) is 7.11. The lowest BCUT2D eigenvalue weighted by Gasteiger charge is -2.06. The van der Waals surface area contributed by atoms with Gasteiger partial charge in [0.05, 0.1) is 11.5 Å². The predicted molar refractivity (Wildman–Crippen MR) is 116 cm³/mol. The molecule has 0 bridgehead atoms. The third kappa shape index (κ3) is 5.03. The number of aromatic nitrogens is 4. The molecule has 0 saturated heterocycles. The van der Waals surface area contributed by atoms with Crippen LogP contribution in [-0.2, 0) is 13.3 Å². The van der Waals surface area contributed by atoms with Crippen LogP contribution in [0.2, 0.25) is 0 Å². The maximum atomic E-state index is 13.9. The first-order chi connectivity index (χ1) is 15.9. The second kappa shape index (κ2) is 9.30. The Morgan fingerprint density at radius 1 is 1.15 bits per heavy atom. The highest BCUT2D eigenvalue weighted by molar-refractivity contribution is 6.02. The summed E-state index contributed by atoms with van der Waals surface area (Å²) in [6, 6.07) is 15.6. The molecule has 0 spiro atoms. The fraction of sp³-hybridized carbons (Fsp3) is 0.136. The Morgan fingerprint density at radius 2 is 1.91 bits per heavy atom. The summed E-state index contributed by atoms with van der Waals surface area (Å²) in [5, 5.41) is 22.2. The number of anilines is 1. The molecule has 2 aromatic carbocycles. The van der Waals surface area contributed by atoms with Crippen molar-refractivity contribution >= 4 is 17.4 Å². The molecule has 2 heterocycles. The lowest BCUT2D eigenvalue weighted by molar-refractivity contribution is -0.386. The Bertz CT molecular complexity index is 1320. The van der Waals surface area contributed by atoms with Crippen LogP contribution in [0.25, 0.3) is 0 Å².